The Balaban J connectivity index is 1.37. The molecular weight excluding hydrogens is 342 g/mol. The predicted molar refractivity (Wildman–Crippen MR) is 103 cm³/mol. The molecule has 1 aromatic heterocycles. The number of urea groups is 1. The summed E-state index contributed by atoms with van der Waals surface area (Å²) in [5.41, 5.74) is 3.33. The quantitative estimate of drug-likeness (QED) is 0.642. The summed E-state index contributed by atoms with van der Waals surface area (Å²) >= 11 is 0. The monoisotopic (exact) mass is 365 g/mol. The standard InChI is InChI=1S/C20H23N5O2/c1-27-19-8-6-16(7-9-19)10-11-22-20(26)23-12-17-2-4-18(5-3-17)13-25-15-21-14-24-25/h2-9,14-15H,10-13H2,1H3,(H2,22,23,26). The number of rotatable bonds is 8. The number of methoxy groups -OCH3 is 1. The Morgan fingerprint density at radius 1 is 1.00 bits per heavy atom. The van der Waals surface area contributed by atoms with Crippen molar-refractivity contribution >= 4 is 6.03 Å². The average molecular weight is 365 g/mol. The van der Waals surface area contributed by atoms with Gasteiger partial charge in [0.15, 0.2) is 0 Å². The number of amides is 2. The summed E-state index contributed by atoms with van der Waals surface area (Å²) in [4.78, 5) is 15.9. The maximum absolute atomic E-state index is 11.9. The van der Waals surface area contributed by atoms with Gasteiger partial charge in [-0.2, -0.15) is 5.10 Å². The number of ether oxygens (including phenoxy) is 1. The third kappa shape index (κ3) is 5.85. The fraction of sp³-hybridized carbons (Fsp3) is 0.250. The maximum atomic E-state index is 11.9. The lowest BCUT2D eigenvalue weighted by atomic mass is 10.1. The number of aromatic nitrogens is 3. The minimum Gasteiger partial charge on any atom is -0.497 e. The summed E-state index contributed by atoms with van der Waals surface area (Å²) in [7, 11) is 1.64. The van der Waals surface area contributed by atoms with Crippen molar-refractivity contribution in [3.8, 4) is 5.75 Å². The number of benzene rings is 2. The van der Waals surface area contributed by atoms with Crippen LogP contribution in [0.1, 0.15) is 16.7 Å². The number of nitrogens with zero attached hydrogens (tertiary/aromatic N) is 3. The molecule has 7 heteroatoms. The smallest absolute Gasteiger partial charge is 0.315 e. The fourth-order valence-electron chi connectivity index (χ4n) is 2.62. The Morgan fingerprint density at radius 3 is 2.37 bits per heavy atom. The van der Waals surface area contributed by atoms with Gasteiger partial charge in [-0.15, -0.1) is 0 Å². The molecule has 0 bridgehead atoms. The van der Waals surface area contributed by atoms with Crippen molar-refractivity contribution in [2.75, 3.05) is 13.7 Å². The molecule has 2 N–H and O–H groups in total. The van der Waals surface area contributed by atoms with E-state index in [2.05, 4.69) is 20.7 Å². The average Bonchev–Trinajstić information content (AvgIpc) is 3.21. The van der Waals surface area contributed by atoms with Gasteiger partial charge < -0.3 is 15.4 Å². The van der Waals surface area contributed by atoms with Gasteiger partial charge >= 0.3 is 6.03 Å². The third-order valence-corrected chi connectivity index (χ3v) is 4.15. The minimum atomic E-state index is -0.171. The van der Waals surface area contributed by atoms with Crippen molar-refractivity contribution in [2.24, 2.45) is 0 Å². The van der Waals surface area contributed by atoms with Crippen molar-refractivity contribution in [2.45, 2.75) is 19.5 Å². The summed E-state index contributed by atoms with van der Waals surface area (Å²) in [6, 6.07) is 15.7. The van der Waals surface area contributed by atoms with Crippen LogP contribution >= 0.6 is 0 Å². The Labute approximate surface area is 158 Å². The van der Waals surface area contributed by atoms with Crippen molar-refractivity contribution in [3.63, 3.8) is 0 Å². The second-order valence-corrected chi connectivity index (χ2v) is 6.12. The van der Waals surface area contributed by atoms with E-state index in [0.29, 0.717) is 19.6 Å². The molecule has 0 fully saturated rings. The summed E-state index contributed by atoms with van der Waals surface area (Å²) in [5.74, 6) is 0.830. The fourth-order valence-corrected chi connectivity index (χ4v) is 2.62. The lowest BCUT2D eigenvalue weighted by Gasteiger charge is -2.09. The first-order valence-electron chi connectivity index (χ1n) is 8.78. The van der Waals surface area contributed by atoms with Gasteiger partial charge in [-0.25, -0.2) is 14.5 Å². The van der Waals surface area contributed by atoms with Crippen molar-refractivity contribution in [1.29, 1.82) is 0 Å². The zero-order valence-corrected chi connectivity index (χ0v) is 15.3. The van der Waals surface area contributed by atoms with Crippen LogP contribution in [0.25, 0.3) is 0 Å². The highest BCUT2D eigenvalue weighted by atomic mass is 16.5. The Bertz CT molecular complexity index is 830. The lowest BCUT2D eigenvalue weighted by molar-refractivity contribution is 0.240. The van der Waals surface area contributed by atoms with E-state index in [0.717, 1.165) is 28.9 Å². The summed E-state index contributed by atoms with van der Waals surface area (Å²) in [6.45, 7) is 1.74. The first kappa shape index (κ1) is 18.4. The molecule has 0 saturated carbocycles. The summed E-state index contributed by atoms with van der Waals surface area (Å²) in [5, 5.41) is 9.83. The molecule has 0 saturated heterocycles. The third-order valence-electron chi connectivity index (χ3n) is 4.15. The molecule has 0 aliphatic rings. The van der Waals surface area contributed by atoms with Crippen LogP contribution in [0.5, 0.6) is 5.75 Å². The van der Waals surface area contributed by atoms with Gasteiger partial charge in [0.05, 0.1) is 13.7 Å². The molecule has 0 spiro atoms. The van der Waals surface area contributed by atoms with Crippen molar-refractivity contribution < 1.29 is 9.53 Å². The van der Waals surface area contributed by atoms with E-state index in [1.54, 1.807) is 18.1 Å². The first-order chi connectivity index (χ1) is 13.2. The molecular formula is C20H23N5O2. The number of carbonyl (C=O) groups excluding carboxylic acids is 1. The first-order valence-corrected chi connectivity index (χ1v) is 8.78. The van der Waals surface area contributed by atoms with Crippen molar-refractivity contribution in [3.05, 3.63) is 77.9 Å². The van der Waals surface area contributed by atoms with E-state index in [9.17, 15) is 4.79 Å². The van der Waals surface area contributed by atoms with Gasteiger partial charge in [-0.3, -0.25) is 0 Å². The molecule has 0 radical (unpaired) electrons. The number of hydrogen-bond donors (Lipinski definition) is 2. The van der Waals surface area contributed by atoms with E-state index >= 15 is 0 Å². The van der Waals surface area contributed by atoms with Gasteiger partial charge in [0, 0.05) is 13.1 Å². The van der Waals surface area contributed by atoms with Gasteiger partial charge in [-0.1, -0.05) is 36.4 Å². The molecule has 7 nitrogen and oxygen atoms in total. The molecule has 3 rings (SSSR count). The van der Waals surface area contributed by atoms with Gasteiger partial charge in [0.1, 0.15) is 18.4 Å². The molecule has 2 amide bonds. The number of hydrogen-bond acceptors (Lipinski definition) is 4. The Morgan fingerprint density at radius 2 is 1.70 bits per heavy atom. The van der Waals surface area contributed by atoms with E-state index in [4.69, 9.17) is 4.74 Å². The molecule has 0 unspecified atom stereocenters. The largest absolute Gasteiger partial charge is 0.497 e. The van der Waals surface area contributed by atoms with Crippen LogP contribution in [0.2, 0.25) is 0 Å². The molecule has 1 heterocycles. The Hall–Kier alpha value is -3.35. The van der Waals surface area contributed by atoms with Crippen molar-refractivity contribution in [1.82, 2.24) is 25.4 Å². The molecule has 3 aromatic rings. The highest BCUT2D eigenvalue weighted by Gasteiger charge is 2.02. The predicted octanol–water partition coefficient (Wildman–Crippen LogP) is 2.38. The van der Waals surface area contributed by atoms with Crippen LogP contribution in [0.15, 0.2) is 61.2 Å². The number of nitrogens with one attached hydrogen (secondary N) is 2. The van der Waals surface area contributed by atoms with E-state index in [-0.39, 0.29) is 6.03 Å². The highest BCUT2D eigenvalue weighted by Crippen LogP contribution is 2.11. The van der Waals surface area contributed by atoms with Crippen LogP contribution in [0.3, 0.4) is 0 Å². The van der Waals surface area contributed by atoms with Crippen LogP contribution in [0, 0.1) is 0 Å². The zero-order chi connectivity index (χ0) is 18.9. The minimum absolute atomic E-state index is 0.171. The van der Waals surface area contributed by atoms with Gasteiger partial charge in [0.25, 0.3) is 0 Å². The van der Waals surface area contributed by atoms with Crippen LogP contribution in [0.4, 0.5) is 4.79 Å². The molecule has 0 aliphatic carbocycles. The van der Waals surface area contributed by atoms with Crippen LogP contribution in [-0.4, -0.2) is 34.5 Å². The molecule has 0 aliphatic heterocycles. The highest BCUT2D eigenvalue weighted by molar-refractivity contribution is 5.73. The summed E-state index contributed by atoms with van der Waals surface area (Å²) < 4.78 is 6.90. The normalized spacial score (nSPS) is 10.4. The van der Waals surface area contributed by atoms with E-state index in [1.165, 1.54) is 6.33 Å². The molecule has 27 heavy (non-hydrogen) atoms. The second-order valence-electron chi connectivity index (χ2n) is 6.12. The van der Waals surface area contributed by atoms with Crippen LogP contribution < -0.4 is 15.4 Å². The van der Waals surface area contributed by atoms with Crippen LogP contribution in [-0.2, 0) is 19.5 Å². The lowest BCUT2D eigenvalue weighted by Crippen LogP contribution is -2.36. The topological polar surface area (TPSA) is 81.1 Å². The summed E-state index contributed by atoms with van der Waals surface area (Å²) in [6.07, 6.45) is 3.98. The second kappa shape index (κ2) is 9.38. The zero-order valence-electron chi connectivity index (χ0n) is 15.3. The molecule has 140 valence electrons. The van der Waals surface area contributed by atoms with Gasteiger partial charge in [0.2, 0.25) is 0 Å². The van der Waals surface area contributed by atoms with E-state index < -0.39 is 0 Å². The molecule has 2 aromatic carbocycles. The Kier molecular flexibility index (Phi) is 6.40. The van der Waals surface area contributed by atoms with Gasteiger partial charge in [-0.05, 0) is 35.2 Å². The SMILES string of the molecule is COc1ccc(CCNC(=O)NCc2ccc(Cn3cncn3)cc2)cc1. The number of carbonyl (C=O) groups is 1. The molecule has 0 atom stereocenters. The maximum Gasteiger partial charge on any atom is 0.315 e. The van der Waals surface area contributed by atoms with E-state index in [1.807, 2.05) is 48.5 Å².